The highest BCUT2D eigenvalue weighted by molar-refractivity contribution is 6.84. The van der Waals surface area contributed by atoms with Crippen LogP contribution in [0.4, 0.5) is 0 Å². The largest absolute Gasteiger partial charge is 0.129 e. The molecule has 0 unspecified atom stereocenters. The number of hydrogen-bond acceptors (Lipinski definition) is 0. The van der Waals surface area contributed by atoms with Crippen molar-refractivity contribution in [2.75, 3.05) is 0 Å². The Kier molecular flexibility index (Phi) is 5.04. The van der Waals surface area contributed by atoms with Gasteiger partial charge in [-0.1, -0.05) is 57.2 Å². The van der Waals surface area contributed by atoms with Gasteiger partial charge in [-0.15, -0.1) is 16.8 Å². The molecule has 98 valence electrons. The fourth-order valence-electron chi connectivity index (χ4n) is 1.20. The molecule has 19 heavy (non-hydrogen) atoms. The van der Waals surface area contributed by atoms with Crippen LogP contribution in [-0.4, -0.2) is 16.1 Å². The molecule has 0 fully saturated rings. The number of rotatable bonds is 1. The summed E-state index contributed by atoms with van der Waals surface area (Å²) in [6, 6.07) is 0. The summed E-state index contributed by atoms with van der Waals surface area (Å²) in [5.74, 6) is 6.54. The third-order valence-electron chi connectivity index (χ3n) is 2.07. The molecule has 0 N–H and O–H groups in total. The van der Waals surface area contributed by atoms with E-state index in [9.17, 15) is 0 Å². The summed E-state index contributed by atoms with van der Waals surface area (Å²) in [6.07, 6.45) is 7.98. The van der Waals surface area contributed by atoms with E-state index in [4.69, 9.17) is 0 Å². The van der Waals surface area contributed by atoms with E-state index >= 15 is 0 Å². The summed E-state index contributed by atoms with van der Waals surface area (Å²) in [4.78, 5) is 0. The first kappa shape index (κ1) is 15.6. The normalized spacial score (nSPS) is 13.1. The topological polar surface area (TPSA) is 0 Å². The first-order valence-electron chi connectivity index (χ1n) is 6.57. The molecule has 0 radical (unpaired) electrons. The fourth-order valence-corrected chi connectivity index (χ4v) is 2.22. The second-order valence-corrected chi connectivity index (χ2v) is 16.2. The molecule has 0 spiro atoms. The molecule has 0 heterocycles. The minimum atomic E-state index is -1.36. The molecule has 1 rings (SSSR count). The van der Waals surface area contributed by atoms with Gasteiger partial charge in [0, 0.05) is 5.57 Å². The molecule has 0 nitrogen and oxygen atoms in total. The molecule has 0 aromatic heterocycles. The highest BCUT2D eigenvalue weighted by Gasteiger charge is 2.09. The summed E-state index contributed by atoms with van der Waals surface area (Å²) in [5, 5.41) is 0. The van der Waals surface area contributed by atoms with Gasteiger partial charge in [-0.25, -0.2) is 0 Å². The van der Waals surface area contributed by atoms with Crippen molar-refractivity contribution in [3.63, 3.8) is 0 Å². The average molecular weight is 283 g/mol. The van der Waals surface area contributed by atoms with E-state index in [-0.39, 0.29) is 0 Å². The van der Waals surface area contributed by atoms with Crippen LogP contribution in [0.5, 0.6) is 0 Å². The van der Waals surface area contributed by atoms with Crippen molar-refractivity contribution < 1.29 is 0 Å². The molecule has 1 aliphatic rings. The summed E-state index contributed by atoms with van der Waals surface area (Å²) in [7, 11) is -2.73. The van der Waals surface area contributed by atoms with Gasteiger partial charge in [0.05, 0.1) is 5.57 Å². The predicted molar refractivity (Wildman–Crippen MR) is 91.1 cm³/mol. The first-order chi connectivity index (χ1) is 8.66. The van der Waals surface area contributed by atoms with Gasteiger partial charge in [-0.3, -0.25) is 0 Å². The minimum absolute atomic E-state index is 0.923. The van der Waals surface area contributed by atoms with Crippen LogP contribution >= 0.6 is 0 Å². The molecule has 2 heteroatoms. The quantitative estimate of drug-likeness (QED) is 0.381. The highest BCUT2D eigenvalue weighted by atomic mass is 28.3. The SMILES string of the molecule is C[Si](C)(C)C#CC(C#C[Si](C)(C)C)=CC1=C=CC=C1. The summed E-state index contributed by atoms with van der Waals surface area (Å²) >= 11 is 0. The molecule has 0 saturated heterocycles. The van der Waals surface area contributed by atoms with Crippen molar-refractivity contribution in [2.45, 2.75) is 39.3 Å². The Morgan fingerprint density at radius 2 is 1.53 bits per heavy atom. The van der Waals surface area contributed by atoms with Crippen LogP contribution in [0.25, 0.3) is 0 Å². The van der Waals surface area contributed by atoms with E-state index in [0.717, 1.165) is 11.1 Å². The Morgan fingerprint density at radius 1 is 1.00 bits per heavy atom. The van der Waals surface area contributed by atoms with Crippen molar-refractivity contribution >= 4 is 16.1 Å². The van der Waals surface area contributed by atoms with Gasteiger partial charge in [-0.05, 0) is 18.2 Å². The van der Waals surface area contributed by atoms with E-state index < -0.39 is 16.1 Å². The Morgan fingerprint density at radius 3 is 1.89 bits per heavy atom. The van der Waals surface area contributed by atoms with Crippen molar-refractivity contribution in [1.29, 1.82) is 0 Å². The summed E-state index contributed by atoms with van der Waals surface area (Å²) < 4.78 is 0. The minimum Gasteiger partial charge on any atom is -0.126 e. The maximum atomic E-state index is 3.39. The molecule has 0 amide bonds. The lowest BCUT2D eigenvalue weighted by Gasteiger charge is -2.04. The van der Waals surface area contributed by atoms with Gasteiger partial charge >= 0.3 is 0 Å². The molecule has 0 aromatic rings. The van der Waals surface area contributed by atoms with Gasteiger partial charge in [0.1, 0.15) is 16.1 Å². The standard InChI is InChI=1S/C17H22Si2/c1-18(2,3)13-11-17(12-14-19(4,5)6)15-16-9-7-8-10-16/h7-9,15H,1-6H3. The van der Waals surface area contributed by atoms with E-state index in [1.807, 2.05) is 24.3 Å². The molecule has 0 saturated carbocycles. The number of hydrogen-bond donors (Lipinski definition) is 0. The molecular weight excluding hydrogens is 260 g/mol. The zero-order chi connectivity index (χ0) is 14.5. The second-order valence-electron chi connectivity index (χ2n) is 6.68. The van der Waals surface area contributed by atoms with Crippen molar-refractivity contribution in [3.05, 3.63) is 41.2 Å². The highest BCUT2D eigenvalue weighted by Crippen LogP contribution is 2.08. The van der Waals surface area contributed by atoms with E-state index in [1.54, 1.807) is 0 Å². The van der Waals surface area contributed by atoms with Crippen LogP contribution in [0.1, 0.15) is 0 Å². The number of allylic oxidation sites excluding steroid dienone is 5. The van der Waals surface area contributed by atoms with Crippen LogP contribution in [0.15, 0.2) is 41.2 Å². The van der Waals surface area contributed by atoms with E-state index in [1.165, 1.54) is 0 Å². The van der Waals surface area contributed by atoms with Gasteiger partial charge in [0.2, 0.25) is 0 Å². The van der Waals surface area contributed by atoms with Gasteiger partial charge in [-0.2, -0.15) is 0 Å². The average Bonchev–Trinajstić information content (AvgIpc) is 2.72. The van der Waals surface area contributed by atoms with Crippen LogP contribution < -0.4 is 0 Å². The molecule has 0 aromatic carbocycles. The molecule has 1 aliphatic carbocycles. The Labute approximate surface area is 120 Å². The Balaban J connectivity index is 3.10. The van der Waals surface area contributed by atoms with E-state index in [2.05, 4.69) is 67.9 Å². The van der Waals surface area contributed by atoms with Crippen molar-refractivity contribution in [3.8, 4) is 22.9 Å². The van der Waals surface area contributed by atoms with Crippen LogP contribution in [-0.2, 0) is 0 Å². The lowest BCUT2D eigenvalue weighted by Crippen LogP contribution is -2.17. The summed E-state index contributed by atoms with van der Waals surface area (Å²) in [5.41, 5.74) is 11.9. The smallest absolute Gasteiger partial charge is 0.126 e. The van der Waals surface area contributed by atoms with E-state index in [0.29, 0.717) is 0 Å². The molecule has 0 bridgehead atoms. The van der Waals surface area contributed by atoms with Gasteiger partial charge < -0.3 is 0 Å². The van der Waals surface area contributed by atoms with Crippen molar-refractivity contribution in [1.82, 2.24) is 0 Å². The first-order valence-corrected chi connectivity index (χ1v) is 13.6. The monoisotopic (exact) mass is 282 g/mol. The van der Waals surface area contributed by atoms with Crippen LogP contribution in [0.3, 0.4) is 0 Å². The van der Waals surface area contributed by atoms with Crippen LogP contribution in [0.2, 0.25) is 39.3 Å². The maximum Gasteiger partial charge on any atom is 0.129 e. The maximum absolute atomic E-state index is 3.39. The second kappa shape index (κ2) is 6.13. The van der Waals surface area contributed by atoms with Gasteiger partial charge in [0.25, 0.3) is 0 Å². The van der Waals surface area contributed by atoms with Crippen molar-refractivity contribution in [2.24, 2.45) is 0 Å². The fraction of sp³-hybridized carbons (Fsp3) is 0.353. The molecule has 0 atom stereocenters. The third kappa shape index (κ3) is 7.55. The third-order valence-corrected chi connectivity index (χ3v) is 3.82. The zero-order valence-electron chi connectivity index (χ0n) is 12.8. The Bertz CT molecular complexity index is 554. The van der Waals surface area contributed by atoms with Gasteiger partial charge in [0.15, 0.2) is 0 Å². The molecule has 0 aliphatic heterocycles. The predicted octanol–water partition coefficient (Wildman–Crippen LogP) is 4.33. The lowest BCUT2D eigenvalue weighted by molar-refractivity contribution is 1.71. The lowest BCUT2D eigenvalue weighted by atomic mass is 10.2. The Hall–Kier alpha value is -1.45. The summed E-state index contributed by atoms with van der Waals surface area (Å²) in [6.45, 7) is 13.5. The molecular formula is C17H22Si2. The zero-order valence-corrected chi connectivity index (χ0v) is 14.8. The van der Waals surface area contributed by atoms with Crippen LogP contribution in [0, 0.1) is 22.9 Å².